The van der Waals surface area contributed by atoms with Crippen LogP contribution in [0.2, 0.25) is 0 Å². The van der Waals surface area contributed by atoms with Crippen molar-refractivity contribution in [3.63, 3.8) is 0 Å². The Kier molecular flexibility index (Phi) is 4.53. The van der Waals surface area contributed by atoms with Gasteiger partial charge in [0.1, 0.15) is 11.6 Å². The zero-order valence-electron chi connectivity index (χ0n) is 12.3. The first kappa shape index (κ1) is 15.4. The van der Waals surface area contributed by atoms with E-state index in [4.69, 9.17) is 4.74 Å². The second kappa shape index (κ2) is 6.18. The van der Waals surface area contributed by atoms with Crippen molar-refractivity contribution in [3.8, 4) is 11.5 Å². The number of hydrogen-bond acceptors (Lipinski definition) is 3. The van der Waals surface area contributed by atoms with Crippen molar-refractivity contribution in [2.45, 2.75) is 32.9 Å². The Morgan fingerprint density at radius 2 is 1.90 bits per heavy atom. The van der Waals surface area contributed by atoms with Gasteiger partial charge in [0, 0.05) is 29.9 Å². The summed E-state index contributed by atoms with van der Waals surface area (Å²) in [6.07, 6.45) is 3.16. The van der Waals surface area contributed by atoms with E-state index in [1.807, 2.05) is 20.8 Å². The summed E-state index contributed by atoms with van der Waals surface area (Å²) in [6.45, 7) is 6.71. The number of rotatable bonds is 4. The smallest absolute Gasteiger partial charge is 0.168 e. The van der Waals surface area contributed by atoms with Crippen molar-refractivity contribution in [2.75, 3.05) is 0 Å². The molecule has 0 saturated heterocycles. The number of ether oxygens (including phenoxy) is 1. The highest BCUT2D eigenvalue weighted by Crippen LogP contribution is 2.27. The molecule has 0 saturated carbocycles. The zero-order chi connectivity index (χ0) is 15.5. The van der Waals surface area contributed by atoms with E-state index < -0.39 is 11.6 Å². The summed E-state index contributed by atoms with van der Waals surface area (Å²) in [5.74, 6) is -0.963. The molecule has 0 radical (unpaired) electrons. The zero-order valence-corrected chi connectivity index (χ0v) is 12.3. The number of nitrogens with one attached hydrogen (secondary N) is 1. The van der Waals surface area contributed by atoms with Crippen molar-refractivity contribution in [2.24, 2.45) is 0 Å². The predicted octanol–water partition coefficient (Wildman–Crippen LogP) is 4.04. The Hall–Kier alpha value is -2.01. The molecule has 1 aromatic heterocycles. The summed E-state index contributed by atoms with van der Waals surface area (Å²) >= 11 is 0. The molecule has 0 aliphatic rings. The third-order valence-corrected chi connectivity index (χ3v) is 2.79. The van der Waals surface area contributed by atoms with Gasteiger partial charge in [-0.25, -0.2) is 8.78 Å². The molecule has 0 bridgehead atoms. The predicted molar refractivity (Wildman–Crippen MR) is 77.3 cm³/mol. The largest absolute Gasteiger partial charge is 0.452 e. The van der Waals surface area contributed by atoms with E-state index in [2.05, 4.69) is 10.3 Å². The van der Waals surface area contributed by atoms with Crippen LogP contribution in [0.5, 0.6) is 11.5 Å². The maximum Gasteiger partial charge on any atom is 0.168 e. The number of benzene rings is 1. The van der Waals surface area contributed by atoms with Gasteiger partial charge in [0.15, 0.2) is 11.6 Å². The average Bonchev–Trinajstić information content (AvgIpc) is 2.40. The van der Waals surface area contributed by atoms with E-state index in [-0.39, 0.29) is 11.3 Å². The van der Waals surface area contributed by atoms with E-state index in [1.54, 1.807) is 12.3 Å². The third kappa shape index (κ3) is 4.49. The highest BCUT2D eigenvalue weighted by Gasteiger charge is 2.13. The molecule has 5 heteroatoms. The van der Waals surface area contributed by atoms with Crippen molar-refractivity contribution in [1.82, 2.24) is 10.3 Å². The van der Waals surface area contributed by atoms with Gasteiger partial charge in [0.05, 0.1) is 6.20 Å². The summed E-state index contributed by atoms with van der Waals surface area (Å²) in [5.41, 5.74) is 0.797. The van der Waals surface area contributed by atoms with Crippen molar-refractivity contribution in [1.29, 1.82) is 0 Å². The maximum atomic E-state index is 13.6. The second-order valence-corrected chi connectivity index (χ2v) is 5.76. The lowest BCUT2D eigenvalue weighted by atomic mass is 10.1. The third-order valence-electron chi connectivity index (χ3n) is 2.79. The molecule has 0 spiro atoms. The fourth-order valence-corrected chi connectivity index (χ4v) is 1.68. The van der Waals surface area contributed by atoms with Crippen molar-refractivity contribution in [3.05, 3.63) is 53.9 Å². The van der Waals surface area contributed by atoms with Gasteiger partial charge in [-0.05, 0) is 39.0 Å². The molecule has 0 atom stereocenters. The fraction of sp³-hybridized carbons (Fsp3) is 0.312. The summed E-state index contributed by atoms with van der Waals surface area (Å²) in [7, 11) is 0. The highest BCUT2D eigenvalue weighted by molar-refractivity contribution is 5.36. The van der Waals surface area contributed by atoms with E-state index in [0.29, 0.717) is 12.3 Å². The summed E-state index contributed by atoms with van der Waals surface area (Å²) < 4.78 is 32.1. The molecule has 1 heterocycles. The average molecular weight is 292 g/mol. The number of nitrogens with zero attached hydrogens (tertiary/aromatic N) is 1. The normalized spacial score (nSPS) is 11.5. The minimum absolute atomic E-state index is 0.0265. The molecule has 0 aliphatic carbocycles. The topological polar surface area (TPSA) is 34.2 Å². The Labute approximate surface area is 123 Å². The molecule has 2 aromatic rings. The standard InChI is InChI=1S/C16H18F2N2O/c1-16(2,3)20-9-11-6-7-19-10-15(11)21-14-5-4-12(17)8-13(14)18/h4-8,10,20H,9H2,1-3H3. The molecule has 1 aromatic carbocycles. The summed E-state index contributed by atoms with van der Waals surface area (Å²) in [4.78, 5) is 3.98. The lowest BCUT2D eigenvalue weighted by Gasteiger charge is -2.21. The van der Waals surface area contributed by atoms with Gasteiger partial charge in [-0.3, -0.25) is 4.98 Å². The van der Waals surface area contributed by atoms with E-state index >= 15 is 0 Å². The van der Waals surface area contributed by atoms with Gasteiger partial charge in [-0.15, -0.1) is 0 Å². The van der Waals surface area contributed by atoms with Crippen LogP contribution < -0.4 is 10.1 Å². The molecule has 1 N–H and O–H groups in total. The molecule has 2 rings (SSSR count). The van der Waals surface area contributed by atoms with Crippen LogP contribution in [0.4, 0.5) is 8.78 Å². The van der Waals surface area contributed by atoms with Crippen LogP contribution in [0, 0.1) is 11.6 Å². The van der Waals surface area contributed by atoms with Gasteiger partial charge in [0.2, 0.25) is 0 Å². The summed E-state index contributed by atoms with van der Waals surface area (Å²) in [6, 6.07) is 5.01. The van der Waals surface area contributed by atoms with E-state index in [0.717, 1.165) is 17.7 Å². The monoisotopic (exact) mass is 292 g/mol. The molecule has 112 valence electrons. The molecule has 21 heavy (non-hydrogen) atoms. The molecule has 0 aliphatic heterocycles. The molecule has 3 nitrogen and oxygen atoms in total. The van der Waals surface area contributed by atoms with Crippen LogP contribution in [-0.2, 0) is 6.54 Å². The number of halogens is 2. The van der Waals surface area contributed by atoms with Crippen LogP contribution in [0.15, 0.2) is 36.7 Å². The SMILES string of the molecule is CC(C)(C)NCc1ccncc1Oc1ccc(F)cc1F. The number of aromatic nitrogens is 1. The highest BCUT2D eigenvalue weighted by atomic mass is 19.1. The van der Waals surface area contributed by atoms with Gasteiger partial charge in [-0.1, -0.05) is 0 Å². The molecule has 0 unspecified atom stereocenters. The molecule has 0 fully saturated rings. The Balaban J connectivity index is 2.20. The second-order valence-electron chi connectivity index (χ2n) is 5.76. The molecule has 0 amide bonds. The lowest BCUT2D eigenvalue weighted by Crippen LogP contribution is -2.35. The van der Waals surface area contributed by atoms with E-state index in [1.165, 1.54) is 12.3 Å². The van der Waals surface area contributed by atoms with Crippen LogP contribution in [0.3, 0.4) is 0 Å². The first-order valence-electron chi connectivity index (χ1n) is 6.66. The Bertz CT molecular complexity index is 624. The van der Waals surface area contributed by atoms with Gasteiger partial charge >= 0.3 is 0 Å². The van der Waals surface area contributed by atoms with E-state index in [9.17, 15) is 8.78 Å². The summed E-state index contributed by atoms with van der Waals surface area (Å²) in [5, 5.41) is 3.33. The lowest BCUT2D eigenvalue weighted by molar-refractivity contribution is 0.405. The fourth-order valence-electron chi connectivity index (χ4n) is 1.68. The van der Waals surface area contributed by atoms with Gasteiger partial charge in [0.25, 0.3) is 0 Å². The first-order valence-corrected chi connectivity index (χ1v) is 6.66. The van der Waals surface area contributed by atoms with Crippen molar-refractivity contribution >= 4 is 0 Å². The molecular weight excluding hydrogens is 274 g/mol. The van der Waals surface area contributed by atoms with Crippen LogP contribution in [0.25, 0.3) is 0 Å². The Morgan fingerprint density at radius 1 is 1.14 bits per heavy atom. The number of hydrogen-bond donors (Lipinski definition) is 1. The molecular formula is C16H18F2N2O. The van der Waals surface area contributed by atoms with Crippen LogP contribution in [0.1, 0.15) is 26.3 Å². The van der Waals surface area contributed by atoms with Crippen LogP contribution >= 0.6 is 0 Å². The van der Waals surface area contributed by atoms with Crippen LogP contribution in [-0.4, -0.2) is 10.5 Å². The van der Waals surface area contributed by atoms with Gasteiger partial charge < -0.3 is 10.1 Å². The van der Waals surface area contributed by atoms with Gasteiger partial charge in [-0.2, -0.15) is 0 Å². The maximum absolute atomic E-state index is 13.6. The minimum atomic E-state index is -0.742. The minimum Gasteiger partial charge on any atom is -0.452 e. The number of pyridine rings is 1. The quantitative estimate of drug-likeness (QED) is 0.923. The Morgan fingerprint density at radius 3 is 2.57 bits per heavy atom. The van der Waals surface area contributed by atoms with Crippen molar-refractivity contribution < 1.29 is 13.5 Å². The first-order chi connectivity index (χ1) is 9.85.